The van der Waals surface area contributed by atoms with E-state index in [1.807, 2.05) is 41.3 Å². The molecule has 1 saturated heterocycles. The fraction of sp³-hybridized carbons (Fsp3) is 0.250. The van der Waals surface area contributed by atoms with Crippen LogP contribution in [0.3, 0.4) is 0 Å². The molecule has 4 rings (SSSR count). The second-order valence-corrected chi connectivity index (χ2v) is 6.27. The number of carbonyl (C=O) groups is 1. The lowest BCUT2D eigenvalue weighted by Crippen LogP contribution is -2.36. The molecule has 1 fully saturated rings. The Bertz CT molecular complexity index is 876. The minimum atomic E-state index is 0.0362. The van der Waals surface area contributed by atoms with E-state index in [9.17, 15) is 4.79 Å². The van der Waals surface area contributed by atoms with Crippen molar-refractivity contribution in [2.45, 2.75) is 18.8 Å². The third kappa shape index (κ3) is 3.59. The normalized spacial score (nSPS) is 15.6. The smallest absolute Gasteiger partial charge is 0.283 e. The molecule has 3 aromatic rings. The molecule has 0 radical (unpaired) electrons. The summed E-state index contributed by atoms with van der Waals surface area (Å²) in [5.74, 6) is 1.79. The first-order chi connectivity index (χ1) is 12.8. The van der Waals surface area contributed by atoms with E-state index in [-0.39, 0.29) is 11.8 Å². The number of hydrogen-bond acceptors (Lipinski definition) is 5. The molecule has 132 valence electrons. The van der Waals surface area contributed by atoms with Crippen LogP contribution in [0.2, 0.25) is 0 Å². The monoisotopic (exact) mass is 349 g/mol. The number of aromatic nitrogens is 2. The standard InChI is InChI=1S/C20H19N3O3/c24-18(9-8-15-5-2-1-3-6-15)23-12-10-16(11-13-23)19-21-22-20(26-19)17-7-4-14-25-17/h1-9,14,16H,10-13H2. The van der Waals surface area contributed by atoms with Crippen LogP contribution in [0.1, 0.15) is 30.2 Å². The summed E-state index contributed by atoms with van der Waals surface area (Å²) >= 11 is 0. The van der Waals surface area contributed by atoms with Crippen LogP contribution in [-0.4, -0.2) is 34.1 Å². The van der Waals surface area contributed by atoms with E-state index in [2.05, 4.69) is 10.2 Å². The summed E-state index contributed by atoms with van der Waals surface area (Å²) in [7, 11) is 0. The lowest BCUT2D eigenvalue weighted by molar-refractivity contribution is -0.127. The summed E-state index contributed by atoms with van der Waals surface area (Å²) in [4.78, 5) is 14.2. The minimum Gasteiger partial charge on any atom is -0.459 e. The quantitative estimate of drug-likeness (QED) is 0.671. The fourth-order valence-corrected chi connectivity index (χ4v) is 3.08. The topological polar surface area (TPSA) is 72.4 Å². The molecular formula is C20H19N3O3. The minimum absolute atomic E-state index is 0.0362. The van der Waals surface area contributed by atoms with Crippen LogP contribution in [-0.2, 0) is 4.79 Å². The first-order valence-electron chi connectivity index (χ1n) is 8.69. The molecule has 0 aliphatic carbocycles. The predicted molar refractivity (Wildman–Crippen MR) is 96.0 cm³/mol. The van der Waals surface area contributed by atoms with Crippen molar-refractivity contribution < 1.29 is 13.6 Å². The van der Waals surface area contributed by atoms with Crippen LogP contribution in [0.4, 0.5) is 0 Å². The summed E-state index contributed by atoms with van der Waals surface area (Å²) in [6, 6.07) is 13.4. The molecule has 3 heterocycles. The van der Waals surface area contributed by atoms with Gasteiger partial charge in [-0.1, -0.05) is 30.3 Å². The average molecular weight is 349 g/mol. The zero-order chi connectivity index (χ0) is 17.8. The average Bonchev–Trinajstić information content (AvgIpc) is 3.38. The number of hydrogen-bond donors (Lipinski definition) is 0. The van der Waals surface area contributed by atoms with Crippen LogP contribution in [0, 0.1) is 0 Å². The number of piperidine rings is 1. The van der Waals surface area contributed by atoms with E-state index in [0.29, 0.717) is 30.6 Å². The number of amides is 1. The van der Waals surface area contributed by atoms with Gasteiger partial charge in [-0.3, -0.25) is 4.79 Å². The Morgan fingerprint density at radius 3 is 2.62 bits per heavy atom. The van der Waals surface area contributed by atoms with Gasteiger partial charge in [-0.25, -0.2) is 0 Å². The molecule has 0 bridgehead atoms. The first-order valence-corrected chi connectivity index (χ1v) is 8.69. The zero-order valence-corrected chi connectivity index (χ0v) is 14.2. The summed E-state index contributed by atoms with van der Waals surface area (Å²) in [6.07, 6.45) is 6.68. The van der Waals surface area contributed by atoms with Gasteiger partial charge in [0.15, 0.2) is 5.76 Å². The molecule has 1 amide bonds. The highest BCUT2D eigenvalue weighted by Crippen LogP contribution is 2.29. The Kier molecular flexibility index (Phi) is 4.64. The summed E-state index contributed by atoms with van der Waals surface area (Å²) in [6.45, 7) is 1.36. The van der Waals surface area contributed by atoms with E-state index in [0.717, 1.165) is 18.4 Å². The molecule has 6 nitrogen and oxygen atoms in total. The number of nitrogens with zero attached hydrogens (tertiary/aromatic N) is 3. The second-order valence-electron chi connectivity index (χ2n) is 6.27. The van der Waals surface area contributed by atoms with E-state index in [4.69, 9.17) is 8.83 Å². The lowest BCUT2D eigenvalue weighted by atomic mass is 9.97. The number of carbonyl (C=O) groups excluding carboxylic acids is 1. The number of benzene rings is 1. The van der Waals surface area contributed by atoms with Gasteiger partial charge in [0.2, 0.25) is 11.8 Å². The van der Waals surface area contributed by atoms with Crippen LogP contribution in [0.25, 0.3) is 17.7 Å². The van der Waals surface area contributed by atoms with E-state index in [1.165, 1.54) is 0 Å². The van der Waals surface area contributed by atoms with Crippen molar-refractivity contribution in [2.75, 3.05) is 13.1 Å². The van der Waals surface area contributed by atoms with Crippen LogP contribution >= 0.6 is 0 Å². The van der Waals surface area contributed by atoms with Crippen molar-refractivity contribution in [3.05, 3.63) is 66.3 Å². The molecule has 1 aliphatic heterocycles. The highest BCUT2D eigenvalue weighted by atomic mass is 16.4. The summed E-state index contributed by atoms with van der Waals surface area (Å²) in [5.41, 5.74) is 1.02. The summed E-state index contributed by atoms with van der Waals surface area (Å²) in [5, 5.41) is 8.20. The molecular weight excluding hydrogens is 330 g/mol. The molecule has 1 aliphatic rings. The molecule has 6 heteroatoms. The molecule has 26 heavy (non-hydrogen) atoms. The molecule has 2 aromatic heterocycles. The Balaban J connectivity index is 1.34. The Morgan fingerprint density at radius 2 is 1.88 bits per heavy atom. The van der Waals surface area contributed by atoms with Crippen molar-refractivity contribution >= 4 is 12.0 Å². The van der Waals surface area contributed by atoms with Crippen LogP contribution in [0.5, 0.6) is 0 Å². The van der Waals surface area contributed by atoms with Crippen molar-refractivity contribution in [1.29, 1.82) is 0 Å². The van der Waals surface area contributed by atoms with Gasteiger partial charge >= 0.3 is 0 Å². The zero-order valence-electron chi connectivity index (χ0n) is 14.2. The number of furan rings is 1. The Hall–Kier alpha value is -3.15. The van der Waals surface area contributed by atoms with E-state index >= 15 is 0 Å². The van der Waals surface area contributed by atoms with Crippen molar-refractivity contribution in [3.63, 3.8) is 0 Å². The van der Waals surface area contributed by atoms with Gasteiger partial charge in [0.25, 0.3) is 5.89 Å². The predicted octanol–water partition coefficient (Wildman–Crippen LogP) is 3.75. The van der Waals surface area contributed by atoms with Gasteiger partial charge in [-0.2, -0.15) is 0 Å². The van der Waals surface area contributed by atoms with Gasteiger partial charge < -0.3 is 13.7 Å². The molecule has 0 N–H and O–H groups in total. The SMILES string of the molecule is O=C(C=Cc1ccccc1)N1CCC(c2nnc(-c3ccco3)o2)CC1. The van der Waals surface area contributed by atoms with Crippen LogP contribution in [0.15, 0.2) is 63.6 Å². The van der Waals surface area contributed by atoms with Gasteiger partial charge in [-0.05, 0) is 36.6 Å². The third-order valence-electron chi connectivity index (χ3n) is 4.55. The fourth-order valence-electron chi connectivity index (χ4n) is 3.08. The Labute approximate surface area is 151 Å². The molecule has 0 spiro atoms. The molecule has 1 aromatic carbocycles. The third-order valence-corrected chi connectivity index (χ3v) is 4.55. The van der Waals surface area contributed by atoms with Crippen molar-refractivity contribution in [1.82, 2.24) is 15.1 Å². The largest absolute Gasteiger partial charge is 0.459 e. The highest BCUT2D eigenvalue weighted by Gasteiger charge is 2.27. The maximum Gasteiger partial charge on any atom is 0.283 e. The first kappa shape index (κ1) is 16.3. The Morgan fingerprint density at radius 1 is 1.08 bits per heavy atom. The van der Waals surface area contributed by atoms with Crippen LogP contribution < -0.4 is 0 Å². The van der Waals surface area contributed by atoms with Gasteiger partial charge in [0.1, 0.15) is 0 Å². The van der Waals surface area contributed by atoms with Gasteiger partial charge in [0, 0.05) is 25.1 Å². The second kappa shape index (κ2) is 7.39. The van der Waals surface area contributed by atoms with E-state index < -0.39 is 0 Å². The maximum atomic E-state index is 12.3. The van der Waals surface area contributed by atoms with Gasteiger partial charge in [-0.15, -0.1) is 10.2 Å². The van der Waals surface area contributed by atoms with Gasteiger partial charge in [0.05, 0.1) is 6.26 Å². The van der Waals surface area contributed by atoms with E-state index in [1.54, 1.807) is 24.5 Å². The molecule has 0 unspecified atom stereocenters. The molecule has 0 saturated carbocycles. The molecule has 0 atom stereocenters. The lowest BCUT2D eigenvalue weighted by Gasteiger charge is -2.29. The highest BCUT2D eigenvalue weighted by molar-refractivity contribution is 5.91. The maximum absolute atomic E-state index is 12.3. The van der Waals surface area contributed by atoms with Crippen molar-refractivity contribution in [3.8, 4) is 11.7 Å². The number of rotatable bonds is 4. The summed E-state index contributed by atoms with van der Waals surface area (Å²) < 4.78 is 11.0. The number of likely N-dealkylation sites (tertiary alicyclic amines) is 1. The van der Waals surface area contributed by atoms with Crippen molar-refractivity contribution in [2.24, 2.45) is 0 Å².